The number of halogens is 1. The van der Waals surface area contributed by atoms with E-state index in [1.165, 1.54) is 69.8 Å². The van der Waals surface area contributed by atoms with Crippen LogP contribution in [0.25, 0.3) is 0 Å². The van der Waals surface area contributed by atoms with Gasteiger partial charge in [0.1, 0.15) is 0 Å². The van der Waals surface area contributed by atoms with E-state index in [9.17, 15) is 4.79 Å². The minimum atomic E-state index is 0. The zero-order valence-corrected chi connectivity index (χ0v) is 19.8. The maximum absolute atomic E-state index is 12.3. The van der Waals surface area contributed by atoms with Crippen LogP contribution in [0.1, 0.15) is 87.1 Å². The van der Waals surface area contributed by atoms with Gasteiger partial charge in [-0.15, -0.1) is 24.0 Å². The molecule has 28 heavy (non-hydrogen) atoms. The van der Waals surface area contributed by atoms with Crippen LogP contribution in [0.2, 0.25) is 0 Å². The van der Waals surface area contributed by atoms with E-state index in [1.807, 2.05) is 47.3 Å². The van der Waals surface area contributed by atoms with Crippen molar-refractivity contribution in [3.63, 3.8) is 0 Å². The van der Waals surface area contributed by atoms with E-state index < -0.39 is 0 Å². The number of pyridine rings is 1. The maximum atomic E-state index is 12.3. The van der Waals surface area contributed by atoms with Gasteiger partial charge in [0.25, 0.3) is 0 Å². The van der Waals surface area contributed by atoms with E-state index in [0.29, 0.717) is 6.54 Å². The topological polar surface area (TPSA) is 20.9 Å². The van der Waals surface area contributed by atoms with Crippen LogP contribution in [0.5, 0.6) is 0 Å². The fraction of sp³-hybridized carbons (Fsp3) is 0.520. The van der Waals surface area contributed by atoms with E-state index in [0.717, 1.165) is 12.0 Å². The molecule has 2 rings (SSSR count). The number of aryl methyl sites for hydroxylation is 1. The largest absolute Gasteiger partial charge is 0.287 e. The summed E-state index contributed by atoms with van der Waals surface area (Å²) in [5, 5.41) is 0. The molecule has 0 saturated heterocycles. The monoisotopic (exact) mass is 494 g/mol. The molecule has 0 aliphatic rings. The molecular weight excluding hydrogens is 457 g/mol. The third-order valence-electron chi connectivity index (χ3n) is 5.20. The highest BCUT2D eigenvalue weighted by molar-refractivity contribution is 14.0. The molecule has 1 aromatic heterocycles. The molecule has 154 valence electrons. The Morgan fingerprint density at radius 1 is 0.750 bits per heavy atom. The summed E-state index contributed by atoms with van der Waals surface area (Å²) in [6, 6.07) is 14.1. The third-order valence-corrected chi connectivity index (χ3v) is 5.20. The first-order valence-corrected chi connectivity index (χ1v) is 10.9. The summed E-state index contributed by atoms with van der Waals surface area (Å²) in [6.45, 7) is 2.67. The number of ketones is 1. The van der Waals surface area contributed by atoms with Crippen LogP contribution < -0.4 is 4.57 Å². The molecular formula is C25H37INO+. The predicted molar refractivity (Wildman–Crippen MR) is 128 cm³/mol. The lowest BCUT2D eigenvalue weighted by Crippen LogP contribution is -2.36. The number of aromatic nitrogens is 1. The fourth-order valence-electron chi connectivity index (χ4n) is 3.47. The van der Waals surface area contributed by atoms with E-state index in [-0.39, 0.29) is 29.8 Å². The number of rotatable bonds is 14. The van der Waals surface area contributed by atoms with Crippen LogP contribution in [0, 0.1) is 0 Å². The van der Waals surface area contributed by atoms with Crippen LogP contribution in [0.15, 0.2) is 54.9 Å². The molecule has 0 saturated carbocycles. The van der Waals surface area contributed by atoms with Crippen LogP contribution >= 0.6 is 24.0 Å². The van der Waals surface area contributed by atoms with Gasteiger partial charge in [-0.3, -0.25) is 4.79 Å². The standard InChI is InChI=1S/C25H36NO.HI/c1-2-3-4-5-6-7-8-9-10-12-15-23-16-18-24(19-17-23)25(27)22-26-20-13-11-14-21-26;/h11,13-14,16-21H,2-10,12,15,22H2,1H3;1H/q+1;. The van der Waals surface area contributed by atoms with E-state index in [4.69, 9.17) is 0 Å². The molecule has 1 aromatic carbocycles. The molecule has 0 spiro atoms. The summed E-state index contributed by atoms with van der Waals surface area (Å²) < 4.78 is 1.92. The zero-order valence-electron chi connectivity index (χ0n) is 17.4. The molecule has 0 N–H and O–H groups in total. The van der Waals surface area contributed by atoms with Crippen molar-refractivity contribution in [3.8, 4) is 0 Å². The van der Waals surface area contributed by atoms with Crippen LogP contribution in [-0.4, -0.2) is 5.78 Å². The van der Waals surface area contributed by atoms with Gasteiger partial charge in [-0.1, -0.05) is 95.0 Å². The summed E-state index contributed by atoms with van der Waals surface area (Å²) in [6.07, 6.45) is 18.7. The Morgan fingerprint density at radius 3 is 1.86 bits per heavy atom. The van der Waals surface area contributed by atoms with E-state index in [2.05, 4.69) is 19.1 Å². The number of unbranched alkanes of at least 4 members (excludes halogenated alkanes) is 9. The van der Waals surface area contributed by atoms with Gasteiger partial charge < -0.3 is 0 Å². The van der Waals surface area contributed by atoms with Gasteiger partial charge in [-0.05, 0) is 18.4 Å². The first-order valence-electron chi connectivity index (χ1n) is 10.9. The number of Topliss-reactive ketones (excluding diaryl/α,β-unsaturated/α-hetero) is 1. The predicted octanol–water partition coefficient (Wildman–Crippen LogP) is 6.94. The van der Waals surface area contributed by atoms with Crippen molar-refractivity contribution in [2.45, 2.75) is 84.1 Å². The second-order valence-electron chi connectivity index (χ2n) is 7.60. The quantitative estimate of drug-likeness (QED) is 0.121. The van der Waals surface area contributed by atoms with Gasteiger partial charge in [0, 0.05) is 17.7 Å². The first-order chi connectivity index (χ1) is 13.3. The van der Waals surface area contributed by atoms with Crippen molar-refractivity contribution in [2.24, 2.45) is 0 Å². The molecule has 3 heteroatoms. The lowest BCUT2D eigenvalue weighted by atomic mass is 10.0. The molecule has 0 fully saturated rings. The maximum Gasteiger partial charge on any atom is 0.227 e. The Labute approximate surface area is 188 Å². The van der Waals surface area contributed by atoms with Crippen molar-refractivity contribution in [1.29, 1.82) is 0 Å². The smallest absolute Gasteiger partial charge is 0.227 e. The number of carbonyl (C=O) groups is 1. The molecule has 0 aliphatic carbocycles. The van der Waals surface area contributed by atoms with Crippen molar-refractivity contribution in [3.05, 3.63) is 66.0 Å². The molecule has 0 aliphatic heterocycles. The van der Waals surface area contributed by atoms with E-state index >= 15 is 0 Å². The molecule has 0 radical (unpaired) electrons. The molecule has 0 atom stereocenters. The summed E-state index contributed by atoms with van der Waals surface area (Å²) in [4.78, 5) is 12.3. The normalized spacial score (nSPS) is 10.5. The second-order valence-corrected chi connectivity index (χ2v) is 7.60. The van der Waals surface area contributed by atoms with Gasteiger partial charge >= 0.3 is 0 Å². The van der Waals surface area contributed by atoms with Crippen molar-refractivity contribution >= 4 is 29.8 Å². The van der Waals surface area contributed by atoms with Gasteiger partial charge in [0.05, 0.1) is 0 Å². The van der Waals surface area contributed by atoms with Gasteiger partial charge in [-0.2, -0.15) is 4.57 Å². The average molecular weight is 494 g/mol. The molecule has 2 nitrogen and oxygen atoms in total. The van der Waals surface area contributed by atoms with Gasteiger partial charge in [-0.25, -0.2) is 0 Å². The number of carbonyl (C=O) groups excluding carboxylic acids is 1. The Bertz CT molecular complexity index is 639. The molecule has 0 unspecified atom stereocenters. The van der Waals surface area contributed by atoms with Gasteiger partial charge in [0.2, 0.25) is 12.3 Å². The number of hydrogen-bond acceptors (Lipinski definition) is 1. The summed E-state index contributed by atoms with van der Waals surface area (Å²) in [7, 11) is 0. The zero-order chi connectivity index (χ0) is 19.2. The Hall–Kier alpha value is -1.23. The lowest BCUT2D eigenvalue weighted by Gasteiger charge is -2.04. The van der Waals surface area contributed by atoms with Crippen LogP contribution in [0.4, 0.5) is 0 Å². The highest BCUT2D eigenvalue weighted by Gasteiger charge is 2.11. The molecule has 1 heterocycles. The third kappa shape index (κ3) is 10.4. The molecule has 2 aromatic rings. The molecule has 0 bridgehead atoms. The minimum Gasteiger partial charge on any atom is -0.287 e. The Balaban J connectivity index is 0.00000392. The van der Waals surface area contributed by atoms with Crippen LogP contribution in [0.3, 0.4) is 0 Å². The van der Waals surface area contributed by atoms with Crippen LogP contribution in [-0.2, 0) is 13.0 Å². The number of benzene rings is 1. The number of nitrogens with zero attached hydrogens (tertiary/aromatic N) is 1. The minimum absolute atomic E-state index is 0. The SMILES string of the molecule is CCCCCCCCCCCCc1ccc(C(=O)C[n+]2ccccc2)cc1.I. The molecule has 0 amide bonds. The highest BCUT2D eigenvalue weighted by Crippen LogP contribution is 2.13. The highest BCUT2D eigenvalue weighted by atomic mass is 127. The first kappa shape index (κ1) is 24.8. The van der Waals surface area contributed by atoms with E-state index in [1.54, 1.807) is 0 Å². The second kappa shape index (κ2) is 15.7. The van der Waals surface area contributed by atoms with Crippen molar-refractivity contribution < 1.29 is 9.36 Å². The van der Waals surface area contributed by atoms with Gasteiger partial charge in [0.15, 0.2) is 12.4 Å². The Morgan fingerprint density at radius 2 is 1.29 bits per heavy atom. The number of hydrogen-bond donors (Lipinski definition) is 0. The average Bonchev–Trinajstić information content (AvgIpc) is 2.70. The fourth-order valence-corrected chi connectivity index (χ4v) is 3.47. The van der Waals surface area contributed by atoms with Crippen molar-refractivity contribution in [1.82, 2.24) is 0 Å². The Kier molecular flexibility index (Phi) is 13.9. The lowest BCUT2D eigenvalue weighted by molar-refractivity contribution is -0.683. The summed E-state index contributed by atoms with van der Waals surface area (Å²) in [5.41, 5.74) is 2.15. The summed E-state index contributed by atoms with van der Waals surface area (Å²) in [5.74, 6) is 0.164. The van der Waals surface area contributed by atoms with Crippen molar-refractivity contribution in [2.75, 3.05) is 0 Å². The summed E-state index contributed by atoms with van der Waals surface area (Å²) >= 11 is 0.